The Morgan fingerprint density at radius 1 is 1.50 bits per heavy atom. The molecule has 0 amide bonds. The highest BCUT2D eigenvalue weighted by atomic mass is 35.5. The Kier molecular flexibility index (Phi) is 3.06. The van der Waals surface area contributed by atoms with Crippen LogP contribution in [0, 0.1) is 6.92 Å². The molecule has 2 rings (SSSR count). The lowest BCUT2D eigenvalue weighted by molar-refractivity contribution is 1.35. The largest absolute Gasteiger partial charge is 0.386 e. The molecule has 82 valence electrons. The Morgan fingerprint density at radius 3 is 3.06 bits per heavy atom. The Bertz CT molecular complexity index is 549. The van der Waals surface area contributed by atoms with Crippen LogP contribution in [0.3, 0.4) is 0 Å². The summed E-state index contributed by atoms with van der Waals surface area (Å²) in [6.07, 6.45) is 1.76. The maximum atomic E-state index is 5.62. The van der Waals surface area contributed by atoms with Crippen molar-refractivity contribution in [2.24, 2.45) is 10.7 Å². The molecular formula is C12H12ClN3. The summed E-state index contributed by atoms with van der Waals surface area (Å²) >= 11 is 5.60. The summed E-state index contributed by atoms with van der Waals surface area (Å²) < 4.78 is 0. The number of fused-ring (bicyclic) bond motifs is 1. The molecule has 0 aliphatic rings. The smallest absolute Gasteiger partial charge is 0.115 e. The lowest BCUT2D eigenvalue weighted by atomic mass is 10.1. The number of rotatable bonds is 2. The standard InChI is InChI=1S/C12H12ClN3/c1-8-5-9-3-2-4-15-11(9)6-10(8)16-12(14)7-13/h2-6H,7H2,1H3,(H2,14,16). The predicted octanol–water partition coefficient (Wildman–Crippen LogP) is 2.77. The van der Waals surface area contributed by atoms with Gasteiger partial charge in [-0.25, -0.2) is 4.99 Å². The Labute approximate surface area is 99.0 Å². The van der Waals surface area contributed by atoms with E-state index in [0.717, 1.165) is 22.2 Å². The van der Waals surface area contributed by atoms with Gasteiger partial charge in [-0.2, -0.15) is 0 Å². The number of benzene rings is 1. The number of amidine groups is 1. The van der Waals surface area contributed by atoms with Crippen LogP contribution in [0.2, 0.25) is 0 Å². The number of nitrogens with two attached hydrogens (primary N) is 1. The van der Waals surface area contributed by atoms with Gasteiger partial charge in [-0.3, -0.25) is 4.98 Å². The molecule has 0 radical (unpaired) electrons. The summed E-state index contributed by atoms with van der Waals surface area (Å²) in [5, 5.41) is 1.10. The fraction of sp³-hybridized carbons (Fsp3) is 0.167. The van der Waals surface area contributed by atoms with E-state index in [0.29, 0.717) is 5.84 Å². The van der Waals surface area contributed by atoms with Gasteiger partial charge in [0.1, 0.15) is 5.84 Å². The first-order valence-corrected chi connectivity index (χ1v) is 5.48. The van der Waals surface area contributed by atoms with E-state index < -0.39 is 0 Å². The number of aromatic nitrogens is 1. The van der Waals surface area contributed by atoms with E-state index in [1.165, 1.54) is 0 Å². The first-order chi connectivity index (χ1) is 7.70. The average Bonchev–Trinajstić information content (AvgIpc) is 2.30. The van der Waals surface area contributed by atoms with E-state index in [4.69, 9.17) is 17.3 Å². The van der Waals surface area contributed by atoms with Crippen molar-refractivity contribution in [1.82, 2.24) is 4.98 Å². The van der Waals surface area contributed by atoms with E-state index in [9.17, 15) is 0 Å². The van der Waals surface area contributed by atoms with Gasteiger partial charge in [0.25, 0.3) is 0 Å². The highest BCUT2D eigenvalue weighted by Crippen LogP contribution is 2.24. The third-order valence-electron chi connectivity index (χ3n) is 2.32. The normalized spacial score (nSPS) is 12.0. The van der Waals surface area contributed by atoms with Crippen LogP contribution < -0.4 is 5.73 Å². The van der Waals surface area contributed by atoms with Gasteiger partial charge in [0.05, 0.1) is 17.1 Å². The van der Waals surface area contributed by atoms with Gasteiger partial charge in [0.15, 0.2) is 0 Å². The number of aliphatic imine (C=N–C) groups is 1. The molecular weight excluding hydrogens is 222 g/mol. The molecule has 0 spiro atoms. The number of aryl methyl sites for hydroxylation is 1. The zero-order valence-corrected chi connectivity index (χ0v) is 9.70. The molecule has 16 heavy (non-hydrogen) atoms. The van der Waals surface area contributed by atoms with Crippen molar-refractivity contribution in [2.75, 3.05) is 5.88 Å². The van der Waals surface area contributed by atoms with Gasteiger partial charge < -0.3 is 5.73 Å². The molecule has 1 aromatic carbocycles. The second kappa shape index (κ2) is 4.49. The van der Waals surface area contributed by atoms with Crippen molar-refractivity contribution in [2.45, 2.75) is 6.92 Å². The minimum Gasteiger partial charge on any atom is -0.386 e. The Balaban J connectivity index is 2.58. The maximum Gasteiger partial charge on any atom is 0.115 e. The molecule has 0 saturated carbocycles. The molecule has 0 bridgehead atoms. The van der Waals surface area contributed by atoms with Gasteiger partial charge in [-0.05, 0) is 30.7 Å². The van der Waals surface area contributed by atoms with Gasteiger partial charge in [-0.1, -0.05) is 6.07 Å². The number of hydrogen-bond donors (Lipinski definition) is 1. The molecule has 4 heteroatoms. The molecule has 0 atom stereocenters. The van der Waals surface area contributed by atoms with Crippen LogP contribution in [0.25, 0.3) is 10.9 Å². The van der Waals surface area contributed by atoms with Gasteiger partial charge in [0.2, 0.25) is 0 Å². The fourth-order valence-electron chi connectivity index (χ4n) is 1.53. The number of halogens is 1. The van der Waals surface area contributed by atoms with Crippen LogP contribution in [-0.4, -0.2) is 16.7 Å². The zero-order chi connectivity index (χ0) is 11.5. The van der Waals surface area contributed by atoms with Crippen LogP contribution in [0.5, 0.6) is 0 Å². The maximum absolute atomic E-state index is 5.62. The molecule has 0 unspecified atom stereocenters. The van der Waals surface area contributed by atoms with E-state index in [1.54, 1.807) is 6.20 Å². The molecule has 0 fully saturated rings. The van der Waals surface area contributed by atoms with Gasteiger partial charge >= 0.3 is 0 Å². The molecule has 1 aromatic heterocycles. The third kappa shape index (κ3) is 2.14. The number of alkyl halides is 1. The highest BCUT2D eigenvalue weighted by Gasteiger charge is 2.01. The van der Waals surface area contributed by atoms with Crippen molar-refractivity contribution in [3.05, 3.63) is 36.0 Å². The molecule has 0 aliphatic carbocycles. The van der Waals surface area contributed by atoms with Gasteiger partial charge in [-0.15, -0.1) is 11.6 Å². The second-order valence-electron chi connectivity index (χ2n) is 3.57. The van der Waals surface area contributed by atoms with Crippen LogP contribution >= 0.6 is 11.6 Å². The summed E-state index contributed by atoms with van der Waals surface area (Å²) in [5.74, 6) is 0.653. The summed E-state index contributed by atoms with van der Waals surface area (Å²) in [6.45, 7) is 1.99. The number of hydrogen-bond acceptors (Lipinski definition) is 2. The topological polar surface area (TPSA) is 51.3 Å². The van der Waals surface area contributed by atoms with Crippen LogP contribution in [0.15, 0.2) is 35.5 Å². The lowest BCUT2D eigenvalue weighted by Crippen LogP contribution is -2.12. The molecule has 3 nitrogen and oxygen atoms in total. The third-order valence-corrected chi connectivity index (χ3v) is 2.60. The van der Waals surface area contributed by atoms with Crippen LogP contribution in [-0.2, 0) is 0 Å². The van der Waals surface area contributed by atoms with Crippen molar-refractivity contribution >= 4 is 34.0 Å². The number of pyridine rings is 1. The average molecular weight is 234 g/mol. The van der Waals surface area contributed by atoms with E-state index in [1.807, 2.05) is 31.2 Å². The van der Waals surface area contributed by atoms with Crippen molar-refractivity contribution < 1.29 is 0 Å². The van der Waals surface area contributed by atoms with Crippen LogP contribution in [0.1, 0.15) is 5.56 Å². The minimum atomic E-state index is 0.236. The minimum absolute atomic E-state index is 0.236. The van der Waals surface area contributed by atoms with Crippen molar-refractivity contribution in [3.63, 3.8) is 0 Å². The van der Waals surface area contributed by atoms with Crippen molar-refractivity contribution in [3.8, 4) is 0 Å². The Hall–Kier alpha value is -1.61. The zero-order valence-electron chi connectivity index (χ0n) is 8.94. The predicted molar refractivity (Wildman–Crippen MR) is 68.5 cm³/mol. The van der Waals surface area contributed by atoms with Gasteiger partial charge in [0, 0.05) is 11.6 Å². The summed E-state index contributed by atoms with van der Waals surface area (Å²) in [6, 6.07) is 7.90. The highest BCUT2D eigenvalue weighted by molar-refractivity contribution is 6.28. The number of nitrogens with zero attached hydrogens (tertiary/aromatic N) is 2. The summed E-state index contributed by atoms with van der Waals surface area (Å²) in [5.41, 5.74) is 8.41. The van der Waals surface area contributed by atoms with E-state index in [2.05, 4.69) is 9.98 Å². The molecule has 1 heterocycles. The SMILES string of the molecule is Cc1cc2cccnc2cc1N=C(N)CCl. The first-order valence-electron chi connectivity index (χ1n) is 4.95. The molecule has 0 aliphatic heterocycles. The summed E-state index contributed by atoms with van der Waals surface area (Å²) in [4.78, 5) is 8.52. The van der Waals surface area contributed by atoms with E-state index >= 15 is 0 Å². The quantitative estimate of drug-likeness (QED) is 0.493. The Morgan fingerprint density at radius 2 is 2.31 bits per heavy atom. The van der Waals surface area contributed by atoms with Crippen LogP contribution in [0.4, 0.5) is 5.69 Å². The summed E-state index contributed by atoms with van der Waals surface area (Å²) in [7, 11) is 0. The monoisotopic (exact) mass is 233 g/mol. The first kappa shape index (κ1) is 10.9. The lowest BCUT2D eigenvalue weighted by Gasteiger charge is -2.04. The van der Waals surface area contributed by atoms with E-state index in [-0.39, 0.29) is 5.88 Å². The molecule has 0 saturated heterocycles. The fourth-order valence-corrected chi connectivity index (χ4v) is 1.59. The molecule has 2 aromatic rings. The second-order valence-corrected chi connectivity index (χ2v) is 3.84. The van der Waals surface area contributed by atoms with Crippen molar-refractivity contribution in [1.29, 1.82) is 0 Å². The molecule has 2 N–H and O–H groups in total.